The first kappa shape index (κ1) is 16.5. The first-order valence-corrected chi connectivity index (χ1v) is 9.77. The summed E-state index contributed by atoms with van der Waals surface area (Å²) in [4.78, 5) is 23.7. The Morgan fingerprint density at radius 2 is 1.92 bits per heavy atom. The van der Waals surface area contributed by atoms with Crippen LogP contribution in [0.3, 0.4) is 0 Å². The van der Waals surface area contributed by atoms with Gasteiger partial charge in [0.25, 0.3) is 0 Å². The lowest BCUT2D eigenvalue weighted by molar-refractivity contribution is -0.122. The third kappa shape index (κ3) is 3.26. The molecular formula is C18H17BrN4OS. The van der Waals surface area contributed by atoms with Crippen LogP contribution >= 0.6 is 27.3 Å². The van der Waals surface area contributed by atoms with Crippen LogP contribution in [0.1, 0.15) is 12.8 Å². The van der Waals surface area contributed by atoms with Crippen molar-refractivity contribution >= 4 is 49.2 Å². The minimum absolute atomic E-state index is 0.0183. The topological polar surface area (TPSA) is 72.1 Å². The third-order valence-corrected chi connectivity index (χ3v) is 6.32. The fraction of sp³-hybridized carbons (Fsp3) is 0.278. The van der Waals surface area contributed by atoms with Gasteiger partial charge in [-0.2, -0.15) is 0 Å². The molecule has 0 bridgehead atoms. The Labute approximate surface area is 158 Å². The Hall–Kier alpha value is -1.99. The number of carbonyl (C=O) groups is 1. The van der Waals surface area contributed by atoms with E-state index in [0.29, 0.717) is 0 Å². The smallest absolute Gasteiger partial charge is 0.220 e. The number of hydrogen-bond donors (Lipinski definition) is 1. The standard InChI is InChI=1S/C18H17BrN4OS/c19-13-3-1-11(2-4-13)15-9-14-16(25-15)18(22-10-21-14)23-7-5-12(6-8-23)17(20)24/h1-4,9-10,12H,5-8H2,(H2,20,24). The van der Waals surface area contributed by atoms with Crippen LogP contribution < -0.4 is 10.6 Å². The monoisotopic (exact) mass is 416 g/mol. The molecule has 0 unspecified atom stereocenters. The number of piperidine rings is 1. The lowest BCUT2D eigenvalue weighted by Crippen LogP contribution is -2.38. The van der Waals surface area contributed by atoms with Gasteiger partial charge in [0.05, 0.1) is 10.2 Å². The molecule has 4 rings (SSSR count). The number of thiophene rings is 1. The summed E-state index contributed by atoms with van der Waals surface area (Å²) < 4.78 is 2.16. The number of amides is 1. The van der Waals surface area contributed by atoms with Gasteiger partial charge in [-0.05, 0) is 36.6 Å². The van der Waals surface area contributed by atoms with Gasteiger partial charge in [-0.25, -0.2) is 9.97 Å². The van der Waals surface area contributed by atoms with Gasteiger partial charge >= 0.3 is 0 Å². The van der Waals surface area contributed by atoms with Crippen molar-refractivity contribution in [3.05, 3.63) is 41.1 Å². The maximum absolute atomic E-state index is 11.4. The number of nitrogens with two attached hydrogens (primary N) is 1. The summed E-state index contributed by atoms with van der Waals surface area (Å²) in [7, 11) is 0. The highest BCUT2D eigenvalue weighted by atomic mass is 79.9. The summed E-state index contributed by atoms with van der Waals surface area (Å²) in [6.45, 7) is 1.59. The lowest BCUT2D eigenvalue weighted by atomic mass is 9.96. The molecule has 1 aliphatic rings. The zero-order valence-electron chi connectivity index (χ0n) is 13.5. The van der Waals surface area contributed by atoms with Crippen LogP contribution in [0.5, 0.6) is 0 Å². The molecular weight excluding hydrogens is 400 g/mol. The molecule has 1 amide bonds. The number of fused-ring (bicyclic) bond motifs is 1. The van der Waals surface area contributed by atoms with E-state index in [1.54, 1.807) is 17.7 Å². The van der Waals surface area contributed by atoms with E-state index >= 15 is 0 Å². The molecule has 3 heterocycles. The van der Waals surface area contributed by atoms with E-state index in [1.807, 2.05) is 12.1 Å². The van der Waals surface area contributed by atoms with E-state index < -0.39 is 0 Å². The summed E-state index contributed by atoms with van der Waals surface area (Å²) in [5.41, 5.74) is 7.57. The molecule has 0 atom stereocenters. The van der Waals surface area contributed by atoms with Crippen molar-refractivity contribution in [3.8, 4) is 10.4 Å². The Balaban J connectivity index is 1.66. The highest BCUT2D eigenvalue weighted by Gasteiger charge is 2.25. The lowest BCUT2D eigenvalue weighted by Gasteiger charge is -2.31. The molecule has 0 spiro atoms. The van der Waals surface area contributed by atoms with Crippen LogP contribution in [-0.4, -0.2) is 29.0 Å². The normalized spacial score (nSPS) is 15.6. The predicted molar refractivity (Wildman–Crippen MR) is 105 cm³/mol. The van der Waals surface area contributed by atoms with E-state index in [2.05, 4.69) is 49.0 Å². The number of rotatable bonds is 3. The minimum Gasteiger partial charge on any atom is -0.369 e. The second-order valence-corrected chi connectivity index (χ2v) is 8.16. The van der Waals surface area contributed by atoms with Gasteiger partial charge < -0.3 is 10.6 Å². The largest absolute Gasteiger partial charge is 0.369 e. The summed E-state index contributed by atoms with van der Waals surface area (Å²) in [6, 6.07) is 10.4. The molecule has 1 saturated heterocycles. The number of aromatic nitrogens is 2. The van der Waals surface area contributed by atoms with Crippen LogP contribution in [-0.2, 0) is 4.79 Å². The van der Waals surface area contributed by atoms with Gasteiger partial charge in [0.15, 0.2) is 0 Å². The highest BCUT2D eigenvalue weighted by molar-refractivity contribution is 9.10. The van der Waals surface area contributed by atoms with Gasteiger partial charge in [0, 0.05) is 28.4 Å². The Morgan fingerprint density at radius 3 is 2.60 bits per heavy atom. The zero-order valence-corrected chi connectivity index (χ0v) is 15.9. The molecule has 5 nitrogen and oxygen atoms in total. The fourth-order valence-electron chi connectivity index (χ4n) is 3.20. The van der Waals surface area contributed by atoms with Crippen LogP contribution in [0.2, 0.25) is 0 Å². The van der Waals surface area contributed by atoms with E-state index in [-0.39, 0.29) is 11.8 Å². The molecule has 1 fully saturated rings. The van der Waals surface area contributed by atoms with E-state index in [9.17, 15) is 4.79 Å². The summed E-state index contributed by atoms with van der Waals surface area (Å²) in [6.07, 6.45) is 3.19. The zero-order chi connectivity index (χ0) is 17.4. The average molecular weight is 417 g/mol. The van der Waals surface area contributed by atoms with Crippen LogP contribution in [0.4, 0.5) is 5.82 Å². The number of benzene rings is 1. The fourth-order valence-corrected chi connectivity index (χ4v) is 4.60. The van der Waals surface area contributed by atoms with Gasteiger partial charge in [-0.3, -0.25) is 4.79 Å². The van der Waals surface area contributed by atoms with Crippen LogP contribution in [0, 0.1) is 5.92 Å². The number of primary amides is 1. The van der Waals surface area contributed by atoms with Crippen molar-refractivity contribution in [2.45, 2.75) is 12.8 Å². The molecule has 1 aliphatic heterocycles. The number of nitrogens with zero attached hydrogens (tertiary/aromatic N) is 3. The Morgan fingerprint density at radius 1 is 1.20 bits per heavy atom. The van der Waals surface area contributed by atoms with Gasteiger partial charge in [-0.1, -0.05) is 28.1 Å². The third-order valence-electron chi connectivity index (χ3n) is 4.62. The van der Waals surface area contributed by atoms with Crippen molar-refractivity contribution in [2.75, 3.05) is 18.0 Å². The maximum Gasteiger partial charge on any atom is 0.220 e. The van der Waals surface area contributed by atoms with Crippen molar-refractivity contribution in [3.63, 3.8) is 0 Å². The summed E-state index contributed by atoms with van der Waals surface area (Å²) in [5, 5.41) is 0. The van der Waals surface area contributed by atoms with Crippen molar-refractivity contribution in [1.29, 1.82) is 0 Å². The average Bonchev–Trinajstić information content (AvgIpc) is 3.06. The molecule has 7 heteroatoms. The van der Waals surface area contributed by atoms with E-state index in [1.165, 1.54) is 10.4 Å². The van der Waals surface area contributed by atoms with Crippen molar-refractivity contribution in [1.82, 2.24) is 9.97 Å². The molecule has 0 radical (unpaired) electrons. The minimum atomic E-state index is -0.193. The molecule has 3 aromatic rings. The first-order valence-electron chi connectivity index (χ1n) is 8.16. The molecule has 0 aliphatic carbocycles. The molecule has 1 aromatic carbocycles. The summed E-state index contributed by atoms with van der Waals surface area (Å²) >= 11 is 5.18. The number of carbonyl (C=O) groups excluding carboxylic acids is 1. The first-order chi connectivity index (χ1) is 12.1. The van der Waals surface area contributed by atoms with Crippen LogP contribution in [0.25, 0.3) is 20.7 Å². The number of anilines is 1. The molecule has 2 N–H and O–H groups in total. The Bertz CT molecular complexity index is 916. The quantitative estimate of drug-likeness (QED) is 0.703. The highest BCUT2D eigenvalue weighted by Crippen LogP contribution is 2.38. The van der Waals surface area contributed by atoms with Crippen molar-refractivity contribution < 1.29 is 4.79 Å². The maximum atomic E-state index is 11.4. The van der Waals surface area contributed by atoms with E-state index in [4.69, 9.17) is 5.73 Å². The second kappa shape index (κ2) is 6.72. The SMILES string of the molecule is NC(=O)C1CCN(c2ncnc3cc(-c4ccc(Br)cc4)sc23)CC1. The summed E-state index contributed by atoms with van der Waals surface area (Å²) in [5.74, 6) is 0.748. The second-order valence-electron chi connectivity index (χ2n) is 6.19. The van der Waals surface area contributed by atoms with Gasteiger partial charge in [0.1, 0.15) is 12.1 Å². The number of hydrogen-bond acceptors (Lipinski definition) is 5. The molecule has 128 valence electrons. The van der Waals surface area contributed by atoms with Crippen LogP contribution in [0.15, 0.2) is 41.1 Å². The van der Waals surface area contributed by atoms with Gasteiger partial charge in [0.2, 0.25) is 5.91 Å². The Kier molecular flexibility index (Phi) is 4.43. The van der Waals surface area contributed by atoms with E-state index in [0.717, 1.165) is 46.4 Å². The molecule has 0 saturated carbocycles. The molecule has 25 heavy (non-hydrogen) atoms. The number of halogens is 1. The predicted octanol–water partition coefficient (Wildman–Crippen LogP) is 3.82. The van der Waals surface area contributed by atoms with Crippen molar-refractivity contribution in [2.24, 2.45) is 11.7 Å². The van der Waals surface area contributed by atoms with Gasteiger partial charge in [-0.15, -0.1) is 11.3 Å². The molecule has 2 aromatic heterocycles.